The molecule has 1 aliphatic carbocycles. The van der Waals surface area contributed by atoms with Crippen molar-refractivity contribution in [2.24, 2.45) is 0 Å². The third-order valence-corrected chi connectivity index (χ3v) is 5.10. The standard InChI is InChI=1S/C18H21N3OS/c22-15(10-13-4-2-1-3-5-13)11-19-12-16-17(14-6-7-14)20-18-21(16)8-9-23-18/h1-5,8-9,14-15,19,22H,6-7,10-12H2. The van der Waals surface area contributed by atoms with Crippen LogP contribution in [-0.4, -0.2) is 27.1 Å². The Morgan fingerprint density at radius 1 is 1.30 bits per heavy atom. The zero-order valence-corrected chi connectivity index (χ0v) is 13.8. The summed E-state index contributed by atoms with van der Waals surface area (Å²) in [5, 5.41) is 15.7. The molecule has 0 amide bonds. The smallest absolute Gasteiger partial charge is 0.194 e. The van der Waals surface area contributed by atoms with Gasteiger partial charge in [-0.2, -0.15) is 0 Å². The highest BCUT2D eigenvalue weighted by molar-refractivity contribution is 7.15. The molecule has 0 bridgehead atoms. The molecular weight excluding hydrogens is 306 g/mol. The second-order valence-electron chi connectivity index (χ2n) is 6.25. The molecule has 1 aromatic carbocycles. The van der Waals surface area contributed by atoms with Crippen molar-refractivity contribution in [2.45, 2.75) is 37.8 Å². The van der Waals surface area contributed by atoms with Crippen molar-refractivity contribution in [2.75, 3.05) is 6.54 Å². The molecule has 1 fully saturated rings. The molecule has 5 heteroatoms. The zero-order valence-electron chi connectivity index (χ0n) is 13.0. The highest BCUT2D eigenvalue weighted by atomic mass is 32.1. The average molecular weight is 327 g/mol. The quantitative estimate of drug-likeness (QED) is 0.701. The SMILES string of the molecule is OC(CNCc1c(C2CC2)nc2sccn12)Cc1ccccc1. The van der Waals surface area contributed by atoms with Crippen LogP contribution in [0.15, 0.2) is 41.9 Å². The maximum Gasteiger partial charge on any atom is 0.194 e. The zero-order chi connectivity index (χ0) is 15.6. The summed E-state index contributed by atoms with van der Waals surface area (Å²) < 4.78 is 2.19. The van der Waals surface area contributed by atoms with Gasteiger partial charge in [0, 0.05) is 30.6 Å². The van der Waals surface area contributed by atoms with Gasteiger partial charge in [0.1, 0.15) is 0 Å². The molecule has 1 aliphatic rings. The number of nitrogens with one attached hydrogen (secondary N) is 1. The molecule has 0 saturated heterocycles. The molecule has 2 N–H and O–H groups in total. The molecule has 0 radical (unpaired) electrons. The Hall–Kier alpha value is -1.69. The largest absolute Gasteiger partial charge is 0.391 e. The minimum atomic E-state index is -0.368. The van der Waals surface area contributed by atoms with E-state index in [0.29, 0.717) is 18.9 Å². The van der Waals surface area contributed by atoms with E-state index in [1.54, 1.807) is 11.3 Å². The van der Waals surface area contributed by atoms with Crippen LogP contribution in [0.3, 0.4) is 0 Å². The van der Waals surface area contributed by atoms with Gasteiger partial charge in [-0.25, -0.2) is 4.98 Å². The molecule has 0 aliphatic heterocycles. The molecule has 4 nitrogen and oxygen atoms in total. The summed E-state index contributed by atoms with van der Waals surface area (Å²) in [4.78, 5) is 5.86. The maximum absolute atomic E-state index is 10.2. The van der Waals surface area contributed by atoms with Gasteiger partial charge in [-0.05, 0) is 24.8 Å². The van der Waals surface area contributed by atoms with E-state index in [0.717, 1.165) is 11.5 Å². The Morgan fingerprint density at radius 3 is 2.91 bits per heavy atom. The number of fused-ring (bicyclic) bond motifs is 1. The van der Waals surface area contributed by atoms with Crippen LogP contribution in [0.1, 0.15) is 35.7 Å². The van der Waals surface area contributed by atoms with Gasteiger partial charge >= 0.3 is 0 Å². The Labute approximate surface area is 139 Å². The van der Waals surface area contributed by atoms with Crippen LogP contribution in [0, 0.1) is 0 Å². The van der Waals surface area contributed by atoms with Crippen molar-refractivity contribution in [3.8, 4) is 0 Å². The van der Waals surface area contributed by atoms with Crippen LogP contribution in [-0.2, 0) is 13.0 Å². The summed E-state index contributed by atoms with van der Waals surface area (Å²) in [6.07, 6.45) is 4.93. The highest BCUT2D eigenvalue weighted by Gasteiger charge is 2.30. The molecule has 2 aromatic heterocycles. The maximum atomic E-state index is 10.2. The lowest BCUT2D eigenvalue weighted by atomic mass is 10.1. The van der Waals surface area contributed by atoms with Crippen LogP contribution in [0.5, 0.6) is 0 Å². The number of nitrogens with zero attached hydrogens (tertiary/aromatic N) is 2. The first kappa shape index (κ1) is 14.9. The first-order chi connectivity index (χ1) is 11.3. The summed E-state index contributed by atoms with van der Waals surface area (Å²) in [7, 11) is 0. The fourth-order valence-electron chi connectivity index (χ4n) is 3.02. The van der Waals surface area contributed by atoms with Crippen LogP contribution >= 0.6 is 11.3 Å². The van der Waals surface area contributed by atoms with E-state index in [1.807, 2.05) is 18.2 Å². The predicted octanol–water partition coefficient (Wildman–Crippen LogP) is 2.97. The monoisotopic (exact) mass is 327 g/mol. The number of aromatic nitrogens is 2. The summed E-state index contributed by atoms with van der Waals surface area (Å²) in [5.41, 5.74) is 3.68. The Morgan fingerprint density at radius 2 is 2.13 bits per heavy atom. The van der Waals surface area contributed by atoms with E-state index in [-0.39, 0.29) is 6.10 Å². The van der Waals surface area contributed by atoms with Crippen LogP contribution in [0.25, 0.3) is 4.96 Å². The second-order valence-corrected chi connectivity index (χ2v) is 7.12. The number of thiazole rings is 1. The Balaban J connectivity index is 1.37. The molecule has 23 heavy (non-hydrogen) atoms. The van der Waals surface area contributed by atoms with E-state index in [1.165, 1.54) is 29.8 Å². The molecule has 4 rings (SSSR count). The molecule has 120 valence electrons. The number of hydrogen-bond donors (Lipinski definition) is 2. The lowest BCUT2D eigenvalue weighted by Gasteiger charge is -2.12. The van der Waals surface area contributed by atoms with Gasteiger partial charge in [-0.1, -0.05) is 30.3 Å². The van der Waals surface area contributed by atoms with Gasteiger partial charge in [0.2, 0.25) is 0 Å². The normalized spacial score (nSPS) is 16.0. The summed E-state index contributed by atoms with van der Waals surface area (Å²) in [6, 6.07) is 10.1. The van der Waals surface area contributed by atoms with Crippen LogP contribution < -0.4 is 5.32 Å². The average Bonchev–Trinajstić information content (AvgIpc) is 3.20. The van der Waals surface area contributed by atoms with Gasteiger partial charge in [-0.3, -0.25) is 4.40 Å². The Bertz CT molecular complexity index is 776. The number of aliphatic hydroxyl groups is 1. The fraction of sp³-hybridized carbons (Fsp3) is 0.389. The number of benzene rings is 1. The number of hydrogen-bond acceptors (Lipinski definition) is 4. The van der Waals surface area contributed by atoms with Gasteiger partial charge in [0.25, 0.3) is 0 Å². The van der Waals surface area contributed by atoms with E-state index in [9.17, 15) is 5.11 Å². The molecular formula is C18H21N3OS. The van der Waals surface area contributed by atoms with Gasteiger partial charge in [-0.15, -0.1) is 11.3 Å². The topological polar surface area (TPSA) is 49.6 Å². The van der Waals surface area contributed by atoms with Crippen LogP contribution in [0.4, 0.5) is 0 Å². The van der Waals surface area contributed by atoms with Crippen molar-refractivity contribution >= 4 is 16.3 Å². The first-order valence-corrected chi connectivity index (χ1v) is 9.06. The molecule has 2 heterocycles. The van der Waals surface area contributed by atoms with Gasteiger partial charge in [0.05, 0.1) is 17.5 Å². The fourth-order valence-corrected chi connectivity index (χ4v) is 3.76. The van der Waals surface area contributed by atoms with Crippen molar-refractivity contribution in [3.63, 3.8) is 0 Å². The third kappa shape index (κ3) is 3.32. The van der Waals surface area contributed by atoms with Crippen molar-refractivity contribution in [3.05, 3.63) is 58.9 Å². The Kier molecular flexibility index (Phi) is 4.16. The van der Waals surface area contributed by atoms with E-state index in [4.69, 9.17) is 4.98 Å². The molecule has 1 atom stereocenters. The lowest BCUT2D eigenvalue weighted by molar-refractivity contribution is 0.171. The van der Waals surface area contributed by atoms with E-state index < -0.39 is 0 Å². The molecule has 3 aromatic rings. The third-order valence-electron chi connectivity index (χ3n) is 4.34. The highest BCUT2D eigenvalue weighted by Crippen LogP contribution is 2.41. The molecule has 0 spiro atoms. The number of imidazole rings is 1. The number of aliphatic hydroxyl groups excluding tert-OH is 1. The minimum Gasteiger partial charge on any atom is -0.391 e. The number of rotatable bonds is 7. The van der Waals surface area contributed by atoms with Crippen molar-refractivity contribution in [1.82, 2.24) is 14.7 Å². The van der Waals surface area contributed by atoms with Gasteiger partial charge < -0.3 is 10.4 Å². The van der Waals surface area contributed by atoms with Crippen molar-refractivity contribution in [1.29, 1.82) is 0 Å². The van der Waals surface area contributed by atoms with E-state index >= 15 is 0 Å². The van der Waals surface area contributed by atoms with Crippen LogP contribution in [0.2, 0.25) is 0 Å². The minimum absolute atomic E-state index is 0.368. The summed E-state index contributed by atoms with van der Waals surface area (Å²) >= 11 is 1.68. The second kappa shape index (κ2) is 6.43. The lowest BCUT2D eigenvalue weighted by Crippen LogP contribution is -2.28. The summed E-state index contributed by atoms with van der Waals surface area (Å²) in [6.45, 7) is 1.35. The first-order valence-electron chi connectivity index (χ1n) is 8.18. The van der Waals surface area contributed by atoms with Crippen molar-refractivity contribution < 1.29 is 5.11 Å². The van der Waals surface area contributed by atoms with E-state index in [2.05, 4.69) is 33.4 Å². The molecule has 1 unspecified atom stereocenters. The predicted molar refractivity (Wildman–Crippen MR) is 92.9 cm³/mol. The summed E-state index contributed by atoms with van der Waals surface area (Å²) in [5.74, 6) is 0.646. The molecule has 1 saturated carbocycles. The van der Waals surface area contributed by atoms with Gasteiger partial charge in [0.15, 0.2) is 4.96 Å².